The lowest BCUT2D eigenvalue weighted by atomic mass is 10.1. The van der Waals surface area contributed by atoms with Gasteiger partial charge in [-0.3, -0.25) is 9.78 Å². The van der Waals surface area contributed by atoms with Gasteiger partial charge in [0.15, 0.2) is 0 Å². The Kier molecular flexibility index (Phi) is 5.05. The van der Waals surface area contributed by atoms with Crippen LogP contribution in [-0.4, -0.2) is 28.0 Å². The summed E-state index contributed by atoms with van der Waals surface area (Å²) < 4.78 is 0.861. The number of halogens is 1. The van der Waals surface area contributed by atoms with Crippen LogP contribution in [0.3, 0.4) is 0 Å². The van der Waals surface area contributed by atoms with Gasteiger partial charge in [-0.2, -0.15) is 0 Å². The molecule has 1 aromatic carbocycles. The van der Waals surface area contributed by atoms with Gasteiger partial charge in [-0.25, -0.2) is 4.79 Å². The molecular formula is C15H13BrN2O3. The fraction of sp³-hybridized carbons (Fsp3) is 0.133. The number of pyridine rings is 1. The van der Waals surface area contributed by atoms with Crippen molar-refractivity contribution in [3.63, 3.8) is 0 Å². The van der Waals surface area contributed by atoms with Gasteiger partial charge in [-0.15, -0.1) is 0 Å². The SMILES string of the molecule is O=C(N[C@@H](Cc1cccc(Br)c1)C(=O)O)c1ccccn1. The number of nitrogens with zero attached hydrogens (tertiary/aromatic N) is 1. The fourth-order valence-corrected chi connectivity index (χ4v) is 2.28. The first-order chi connectivity index (χ1) is 10.1. The number of amides is 1. The van der Waals surface area contributed by atoms with Crippen LogP contribution in [0.1, 0.15) is 16.1 Å². The molecule has 1 amide bonds. The number of carboxylic acid groups (broad SMARTS) is 1. The van der Waals surface area contributed by atoms with Crippen LogP contribution in [0, 0.1) is 0 Å². The molecule has 108 valence electrons. The Morgan fingerprint density at radius 1 is 1.24 bits per heavy atom. The summed E-state index contributed by atoms with van der Waals surface area (Å²) in [4.78, 5) is 27.2. The topological polar surface area (TPSA) is 79.3 Å². The number of carbonyl (C=O) groups is 2. The zero-order chi connectivity index (χ0) is 15.2. The van der Waals surface area contributed by atoms with Crippen molar-refractivity contribution in [3.8, 4) is 0 Å². The largest absolute Gasteiger partial charge is 0.480 e. The number of carbonyl (C=O) groups excluding carboxylic acids is 1. The second kappa shape index (κ2) is 6.99. The van der Waals surface area contributed by atoms with Gasteiger partial charge >= 0.3 is 5.97 Å². The molecule has 0 saturated heterocycles. The van der Waals surface area contributed by atoms with Gasteiger partial charge in [0.25, 0.3) is 5.91 Å². The Morgan fingerprint density at radius 3 is 2.67 bits per heavy atom. The molecule has 2 rings (SSSR count). The van der Waals surface area contributed by atoms with E-state index in [9.17, 15) is 14.7 Å². The van der Waals surface area contributed by atoms with Crippen LogP contribution in [0.15, 0.2) is 53.1 Å². The van der Waals surface area contributed by atoms with E-state index >= 15 is 0 Å². The first kappa shape index (κ1) is 15.2. The van der Waals surface area contributed by atoms with Crippen molar-refractivity contribution < 1.29 is 14.7 Å². The van der Waals surface area contributed by atoms with E-state index in [-0.39, 0.29) is 12.1 Å². The van der Waals surface area contributed by atoms with Crippen molar-refractivity contribution in [1.29, 1.82) is 0 Å². The van der Waals surface area contributed by atoms with Crippen LogP contribution in [0.2, 0.25) is 0 Å². The summed E-state index contributed by atoms with van der Waals surface area (Å²) in [5.41, 5.74) is 1.01. The van der Waals surface area contributed by atoms with Gasteiger partial charge < -0.3 is 10.4 Å². The number of hydrogen-bond donors (Lipinski definition) is 2. The van der Waals surface area contributed by atoms with Gasteiger partial charge in [0.2, 0.25) is 0 Å². The van der Waals surface area contributed by atoms with Gasteiger partial charge in [0.05, 0.1) is 0 Å². The van der Waals surface area contributed by atoms with E-state index in [1.54, 1.807) is 12.1 Å². The molecule has 1 heterocycles. The lowest BCUT2D eigenvalue weighted by Crippen LogP contribution is -2.42. The summed E-state index contributed by atoms with van der Waals surface area (Å²) in [6.07, 6.45) is 1.69. The van der Waals surface area contributed by atoms with E-state index in [1.807, 2.05) is 24.3 Å². The average molecular weight is 349 g/mol. The van der Waals surface area contributed by atoms with Crippen LogP contribution >= 0.6 is 15.9 Å². The predicted molar refractivity (Wildman–Crippen MR) is 81.0 cm³/mol. The average Bonchev–Trinajstić information content (AvgIpc) is 2.47. The number of rotatable bonds is 5. The number of carboxylic acids is 1. The molecule has 0 spiro atoms. The third-order valence-corrected chi connectivity index (χ3v) is 3.32. The molecule has 0 saturated carbocycles. The molecule has 0 aliphatic rings. The van der Waals surface area contributed by atoms with Crippen LogP contribution in [-0.2, 0) is 11.2 Å². The molecule has 0 fully saturated rings. The second-order valence-corrected chi connectivity index (χ2v) is 5.33. The molecule has 0 aliphatic carbocycles. The van der Waals surface area contributed by atoms with E-state index < -0.39 is 17.9 Å². The van der Waals surface area contributed by atoms with E-state index in [2.05, 4.69) is 26.2 Å². The van der Waals surface area contributed by atoms with Gasteiger partial charge in [0, 0.05) is 17.1 Å². The fourth-order valence-electron chi connectivity index (χ4n) is 1.83. The second-order valence-electron chi connectivity index (χ2n) is 4.41. The lowest BCUT2D eigenvalue weighted by molar-refractivity contribution is -0.139. The number of benzene rings is 1. The first-order valence-electron chi connectivity index (χ1n) is 6.25. The van der Waals surface area contributed by atoms with Crippen LogP contribution in [0.4, 0.5) is 0 Å². The first-order valence-corrected chi connectivity index (χ1v) is 7.04. The Labute approximate surface area is 130 Å². The van der Waals surface area contributed by atoms with Crippen molar-refractivity contribution >= 4 is 27.8 Å². The summed E-state index contributed by atoms with van der Waals surface area (Å²) in [6, 6.07) is 11.2. The Hall–Kier alpha value is -2.21. The van der Waals surface area contributed by atoms with Crippen molar-refractivity contribution in [1.82, 2.24) is 10.3 Å². The summed E-state index contributed by atoms with van der Waals surface area (Å²) in [7, 11) is 0. The van der Waals surface area contributed by atoms with Crippen LogP contribution in [0.25, 0.3) is 0 Å². The van der Waals surface area contributed by atoms with Crippen molar-refractivity contribution in [2.75, 3.05) is 0 Å². The van der Waals surface area contributed by atoms with Crippen molar-refractivity contribution in [2.24, 2.45) is 0 Å². The Bertz CT molecular complexity index is 646. The van der Waals surface area contributed by atoms with Crippen LogP contribution in [0.5, 0.6) is 0 Å². The minimum atomic E-state index is -1.08. The number of nitrogens with one attached hydrogen (secondary N) is 1. The molecule has 21 heavy (non-hydrogen) atoms. The summed E-state index contributed by atoms with van der Waals surface area (Å²) in [5.74, 6) is -1.59. The Morgan fingerprint density at radius 2 is 2.05 bits per heavy atom. The molecule has 0 bridgehead atoms. The number of hydrogen-bond acceptors (Lipinski definition) is 3. The molecule has 0 unspecified atom stereocenters. The van der Waals surface area contributed by atoms with Gasteiger partial charge in [-0.1, -0.05) is 34.1 Å². The zero-order valence-corrected chi connectivity index (χ0v) is 12.6. The predicted octanol–water partition coefficient (Wildman–Crippen LogP) is 2.27. The molecule has 6 heteroatoms. The highest BCUT2D eigenvalue weighted by Crippen LogP contribution is 2.13. The van der Waals surface area contributed by atoms with Gasteiger partial charge in [-0.05, 0) is 29.8 Å². The van der Waals surface area contributed by atoms with Crippen molar-refractivity contribution in [2.45, 2.75) is 12.5 Å². The van der Waals surface area contributed by atoms with E-state index in [4.69, 9.17) is 0 Å². The standard InChI is InChI=1S/C15H13BrN2O3/c16-11-5-3-4-10(8-11)9-13(15(20)21)18-14(19)12-6-1-2-7-17-12/h1-8,13H,9H2,(H,18,19)(H,20,21)/t13-/m0/s1. The normalized spacial score (nSPS) is 11.7. The highest BCUT2D eigenvalue weighted by atomic mass is 79.9. The quantitative estimate of drug-likeness (QED) is 0.868. The summed E-state index contributed by atoms with van der Waals surface area (Å²) in [5, 5.41) is 11.7. The zero-order valence-electron chi connectivity index (χ0n) is 11.0. The van der Waals surface area contributed by atoms with E-state index in [0.29, 0.717) is 0 Å². The van der Waals surface area contributed by atoms with Gasteiger partial charge in [0.1, 0.15) is 11.7 Å². The highest BCUT2D eigenvalue weighted by Gasteiger charge is 2.21. The molecule has 2 aromatic rings. The molecular weight excluding hydrogens is 336 g/mol. The molecule has 1 aromatic heterocycles. The third-order valence-electron chi connectivity index (χ3n) is 2.83. The van der Waals surface area contributed by atoms with Crippen LogP contribution < -0.4 is 5.32 Å². The molecule has 1 atom stereocenters. The Balaban J connectivity index is 2.09. The lowest BCUT2D eigenvalue weighted by Gasteiger charge is -2.14. The summed E-state index contributed by atoms with van der Waals surface area (Å²) in [6.45, 7) is 0. The minimum Gasteiger partial charge on any atom is -0.480 e. The molecule has 2 N–H and O–H groups in total. The molecule has 5 nitrogen and oxygen atoms in total. The highest BCUT2D eigenvalue weighted by molar-refractivity contribution is 9.10. The molecule has 0 radical (unpaired) electrons. The summed E-state index contributed by atoms with van der Waals surface area (Å²) >= 11 is 3.33. The smallest absolute Gasteiger partial charge is 0.326 e. The third kappa shape index (κ3) is 4.39. The maximum Gasteiger partial charge on any atom is 0.326 e. The maximum absolute atomic E-state index is 12.0. The van der Waals surface area contributed by atoms with Crippen molar-refractivity contribution in [3.05, 3.63) is 64.4 Å². The monoisotopic (exact) mass is 348 g/mol. The minimum absolute atomic E-state index is 0.193. The van der Waals surface area contributed by atoms with E-state index in [1.165, 1.54) is 12.3 Å². The van der Waals surface area contributed by atoms with E-state index in [0.717, 1.165) is 10.0 Å². The number of aromatic nitrogens is 1. The maximum atomic E-state index is 12.0. The molecule has 0 aliphatic heterocycles. The number of aliphatic carboxylic acids is 1.